The highest BCUT2D eigenvalue weighted by Gasteiger charge is 2.17. The number of pyridine rings is 1. The van der Waals surface area contributed by atoms with Crippen molar-refractivity contribution < 1.29 is 4.79 Å². The van der Waals surface area contributed by atoms with Crippen LogP contribution in [-0.4, -0.2) is 40.3 Å². The summed E-state index contributed by atoms with van der Waals surface area (Å²) in [5, 5.41) is 0. The Balaban J connectivity index is 1.92. The standard InChI is InChI=1S/C21H26N4O/c1-5-24(6-2)20-16(3)22-19-13-12-18(15-25(19)20)21(26)23(4)14-17-10-8-7-9-11-17/h7-13,15H,5-6,14H2,1-4H3. The van der Waals surface area contributed by atoms with Gasteiger partial charge in [0.2, 0.25) is 0 Å². The molecule has 0 aliphatic carbocycles. The van der Waals surface area contributed by atoms with Crippen LogP contribution in [-0.2, 0) is 6.54 Å². The van der Waals surface area contributed by atoms with Gasteiger partial charge in [0.25, 0.3) is 5.91 Å². The highest BCUT2D eigenvalue weighted by atomic mass is 16.2. The number of rotatable bonds is 6. The molecule has 0 radical (unpaired) electrons. The summed E-state index contributed by atoms with van der Waals surface area (Å²) in [6.07, 6.45) is 1.91. The predicted octanol–water partition coefficient (Wildman–Crippen LogP) is 3.76. The zero-order chi connectivity index (χ0) is 18.7. The van der Waals surface area contributed by atoms with Crippen LogP contribution in [0.3, 0.4) is 0 Å². The molecule has 0 aliphatic rings. The second-order valence-electron chi connectivity index (χ2n) is 6.49. The third-order valence-electron chi connectivity index (χ3n) is 4.68. The van der Waals surface area contributed by atoms with Gasteiger partial charge >= 0.3 is 0 Å². The average molecular weight is 350 g/mol. The molecule has 0 N–H and O–H groups in total. The molecule has 1 amide bonds. The molecule has 5 nitrogen and oxygen atoms in total. The molecule has 2 aromatic heterocycles. The minimum Gasteiger partial charge on any atom is -0.357 e. The Labute approximate surface area is 154 Å². The Morgan fingerprint density at radius 1 is 1.08 bits per heavy atom. The Hall–Kier alpha value is -2.82. The molecule has 5 heteroatoms. The summed E-state index contributed by atoms with van der Waals surface area (Å²) >= 11 is 0. The number of carbonyl (C=O) groups is 1. The molecular formula is C21H26N4O. The van der Waals surface area contributed by atoms with E-state index in [-0.39, 0.29) is 5.91 Å². The second kappa shape index (κ2) is 7.60. The van der Waals surface area contributed by atoms with Crippen LogP contribution in [0.4, 0.5) is 5.82 Å². The predicted molar refractivity (Wildman–Crippen MR) is 106 cm³/mol. The number of anilines is 1. The van der Waals surface area contributed by atoms with E-state index in [0.717, 1.165) is 35.8 Å². The highest BCUT2D eigenvalue weighted by Crippen LogP contribution is 2.23. The first-order chi connectivity index (χ1) is 12.5. The van der Waals surface area contributed by atoms with E-state index in [1.807, 2.05) is 67.0 Å². The average Bonchev–Trinajstić information content (AvgIpc) is 2.98. The second-order valence-corrected chi connectivity index (χ2v) is 6.49. The third kappa shape index (κ3) is 3.43. The van der Waals surface area contributed by atoms with Crippen molar-refractivity contribution in [2.45, 2.75) is 27.3 Å². The first-order valence-corrected chi connectivity index (χ1v) is 9.08. The van der Waals surface area contributed by atoms with Crippen LogP contribution in [0, 0.1) is 6.92 Å². The lowest BCUT2D eigenvalue weighted by Gasteiger charge is -2.22. The van der Waals surface area contributed by atoms with Gasteiger partial charge in [-0.2, -0.15) is 0 Å². The van der Waals surface area contributed by atoms with Gasteiger partial charge in [0.05, 0.1) is 11.3 Å². The summed E-state index contributed by atoms with van der Waals surface area (Å²) < 4.78 is 2.03. The van der Waals surface area contributed by atoms with E-state index in [1.54, 1.807) is 4.90 Å². The van der Waals surface area contributed by atoms with Crippen molar-refractivity contribution in [3.8, 4) is 0 Å². The molecule has 0 atom stereocenters. The zero-order valence-corrected chi connectivity index (χ0v) is 15.9. The number of hydrogen-bond acceptors (Lipinski definition) is 3. The number of carbonyl (C=O) groups excluding carboxylic acids is 1. The van der Waals surface area contributed by atoms with Gasteiger partial charge in [0.15, 0.2) is 0 Å². The minimum absolute atomic E-state index is 0.00704. The summed E-state index contributed by atoms with van der Waals surface area (Å²) in [6.45, 7) is 8.66. The van der Waals surface area contributed by atoms with E-state index in [0.29, 0.717) is 12.1 Å². The maximum absolute atomic E-state index is 12.9. The number of fused-ring (bicyclic) bond motifs is 1. The summed E-state index contributed by atoms with van der Waals surface area (Å²) in [7, 11) is 1.84. The minimum atomic E-state index is 0.00704. The molecule has 136 valence electrons. The Bertz CT molecular complexity index is 897. The summed E-state index contributed by atoms with van der Waals surface area (Å²) in [6, 6.07) is 13.8. The number of aromatic nitrogens is 2. The van der Waals surface area contributed by atoms with Crippen molar-refractivity contribution in [3.63, 3.8) is 0 Å². The maximum Gasteiger partial charge on any atom is 0.255 e. The van der Waals surface area contributed by atoms with Crippen molar-refractivity contribution in [1.82, 2.24) is 14.3 Å². The van der Waals surface area contributed by atoms with Crippen LogP contribution in [0.1, 0.15) is 35.5 Å². The van der Waals surface area contributed by atoms with Gasteiger partial charge in [-0.05, 0) is 38.5 Å². The molecule has 0 saturated heterocycles. The van der Waals surface area contributed by atoms with Gasteiger partial charge in [-0.25, -0.2) is 4.98 Å². The van der Waals surface area contributed by atoms with Gasteiger partial charge in [-0.3, -0.25) is 9.20 Å². The lowest BCUT2D eigenvalue weighted by atomic mass is 10.2. The van der Waals surface area contributed by atoms with Crippen LogP contribution in [0.2, 0.25) is 0 Å². The van der Waals surface area contributed by atoms with Gasteiger partial charge in [0, 0.05) is 32.9 Å². The fourth-order valence-corrected chi connectivity index (χ4v) is 3.33. The fourth-order valence-electron chi connectivity index (χ4n) is 3.33. The molecule has 0 saturated carbocycles. The largest absolute Gasteiger partial charge is 0.357 e. The molecule has 0 spiro atoms. The first kappa shape index (κ1) is 18.0. The molecule has 2 heterocycles. The summed E-state index contributed by atoms with van der Waals surface area (Å²) in [4.78, 5) is 21.5. The molecule has 0 aliphatic heterocycles. The van der Waals surface area contributed by atoms with Crippen LogP contribution in [0.5, 0.6) is 0 Å². The van der Waals surface area contributed by atoms with E-state index in [1.165, 1.54) is 0 Å². The molecule has 0 unspecified atom stereocenters. The normalized spacial score (nSPS) is 10.9. The van der Waals surface area contributed by atoms with Crippen LogP contribution < -0.4 is 4.90 Å². The lowest BCUT2D eigenvalue weighted by Crippen LogP contribution is -2.27. The summed E-state index contributed by atoms with van der Waals surface area (Å²) in [5.41, 5.74) is 3.64. The highest BCUT2D eigenvalue weighted by molar-refractivity contribution is 5.94. The summed E-state index contributed by atoms with van der Waals surface area (Å²) in [5.74, 6) is 1.07. The van der Waals surface area contributed by atoms with Crippen LogP contribution in [0.25, 0.3) is 5.65 Å². The number of nitrogens with zero attached hydrogens (tertiary/aromatic N) is 4. The SMILES string of the molecule is CCN(CC)c1c(C)nc2ccc(C(=O)N(C)Cc3ccccc3)cn12. The Morgan fingerprint density at radius 2 is 1.77 bits per heavy atom. The Kier molecular flexibility index (Phi) is 5.26. The number of hydrogen-bond donors (Lipinski definition) is 0. The van der Waals surface area contributed by atoms with Gasteiger partial charge < -0.3 is 9.80 Å². The van der Waals surface area contributed by atoms with Gasteiger partial charge in [0.1, 0.15) is 11.5 Å². The number of amides is 1. The van der Waals surface area contributed by atoms with Gasteiger partial charge in [-0.1, -0.05) is 30.3 Å². The van der Waals surface area contributed by atoms with Crippen molar-refractivity contribution in [1.29, 1.82) is 0 Å². The van der Waals surface area contributed by atoms with E-state index in [4.69, 9.17) is 0 Å². The molecule has 1 aromatic carbocycles. The molecule has 0 fully saturated rings. The lowest BCUT2D eigenvalue weighted by molar-refractivity contribution is 0.0784. The van der Waals surface area contributed by atoms with Crippen molar-refractivity contribution in [2.24, 2.45) is 0 Å². The van der Waals surface area contributed by atoms with E-state index in [2.05, 4.69) is 23.7 Å². The monoisotopic (exact) mass is 350 g/mol. The van der Waals surface area contributed by atoms with Crippen LogP contribution >= 0.6 is 0 Å². The molecule has 3 rings (SSSR count). The maximum atomic E-state index is 12.9. The zero-order valence-electron chi connectivity index (χ0n) is 15.9. The van der Waals surface area contributed by atoms with Crippen molar-refractivity contribution in [2.75, 3.05) is 25.0 Å². The topological polar surface area (TPSA) is 40.9 Å². The number of imidazole rings is 1. The first-order valence-electron chi connectivity index (χ1n) is 9.08. The number of benzene rings is 1. The quantitative estimate of drug-likeness (QED) is 0.680. The number of aryl methyl sites for hydroxylation is 1. The van der Waals surface area contributed by atoms with E-state index >= 15 is 0 Å². The molecular weight excluding hydrogens is 324 g/mol. The van der Waals surface area contributed by atoms with Crippen molar-refractivity contribution in [3.05, 3.63) is 65.5 Å². The molecule has 0 bridgehead atoms. The molecule has 3 aromatic rings. The third-order valence-corrected chi connectivity index (χ3v) is 4.68. The fraction of sp³-hybridized carbons (Fsp3) is 0.333. The van der Waals surface area contributed by atoms with Crippen LogP contribution in [0.15, 0.2) is 48.7 Å². The van der Waals surface area contributed by atoms with E-state index in [9.17, 15) is 4.79 Å². The van der Waals surface area contributed by atoms with E-state index < -0.39 is 0 Å². The molecule has 26 heavy (non-hydrogen) atoms. The smallest absolute Gasteiger partial charge is 0.255 e. The Morgan fingerprint density at radius 3 is 2.42 bits per heavy atom. The van der Waals surface area contributed by atoms with Crippen molar-refractivity contribution >= 4 is 17.4 Å². The van der Waals surface area contributed by atoms with Gasteiger partial charge in [-0.15, -0.1) is 0 Å².